The van der Waals surface area contributed by atoms with Crippen LogP contribution in [0.3, 0.4) is 0 Å². The van der Waals surface area contributed by atoms with Crippen LogP contribution in [0.2, 0.25) is 0 Å². The van der Waals surface area contributed by atoms with Crippen LogP contribution in [-0.4, -0.2) is 4.98 Å². The van der Waals surface area contributed by atoms with Crippen molar-refractivity contribution in [2.45, 2.75) is 6.92 Å². The summed E-state index contributed by atoms with van der Waals surface area (Å²) < 4.78 is 0. The van der Waals surface area contributed by atoms with Crippen molar-refractivity contribution in [2.75, 3.05) is 5.73 Å². The first-order chi connectivity index (χ1) is 12.7. The molecule has 0 spiro atoms. The lowest BCUT2D eigenvalue weighted by atomic mass is 9.99. The Morgan fingerprint density at radius 1 is 0.577 bits per heavy atom. The molecule has 2 nitrogen and oxygen atoms in total. The van der Waals surface area contributed by atoms with Crippen LogP contribution < -0.4 is 5.73 Å². The van der Waals surface area contributed by atoms with E-state index in [-0.39, 0.29) is 0 Å². The van der Waals surface area contributed by atoms with E-state index in [2.05, 4.69) is 61.5 Å². The molecule has 0 saturated heterocycles. The topological polar surface area (TPSA) is 38.9 Å². The van der Waals surface area contributed by atoms with Gasteiger partial charge < -0.3 is 5.73 Å². The molecule has 4 aromatic rings. The fourth-order valence-electron chi connectivity index (χ4n) is 3.19. The number of hydrogen-bond acceptors (Lipinski definition) is 2. The van der Waals surface area contributed by atoms with E-state index in [1.807, 2.05) is 36.4 Å². The van der Waals surface area contributed by atoms with Crippen LogP contribution in [-0.2, 0) is 0 Å². The third-order valence-electron chi connectivity index (χ3n) is 4.40. The van der Waals surface area contributed by atoms with Crippen molar-refractivity contribution >= 4 is 5.69 Å². The second kappa shape index (κ2) is 6.85. The second-order valence-electron chi connectivity index (χ2n) is 6.49. The molecule has 0 unspecified atom stereocenters. The van der Waals surface area contributed by atoms with Crippen molar-refractivity contribution in [3.05, 3.63) is 96.6 Å². The molecule has 2 heteroatoms. The maximum absolute atomic E-state index is 6.07. The minimum Gasteiger partial charge on any atom is -0.399 e. The summed E-state index contributed by atoms with van der Waals surface area (Å²) in [4.78, 5) is 4.93. The maximum atomic E-state index is 6.07. The molecule has 2 N–H and O–H groups in total. The SMILES string of the molecule is Cc1cc(N)cc(-c2cc(-c3ccccc3)cc(-c3ccccc3)n2)c1. The molecule has 0 aliphatic carbocycles. The Balaban J connectivity index is 1.93. The van der Waals surface area contributed by atoms with E-state index in [0.29, 0.717) is 0 Å². The number of hydrogen-bond donors (Lipinski definition) is 1. The largest absolute Gasteiger partial charge is 0.399 e. The molecule has 1 aromatic heterocycles. The molecule has 0 radical (unpaired) electrons. The highest BCUT2D eigenvalue weighted by atomic mass is 14.7. The highest BCUT2D eigenvalue weighted by Gasteiger charge is 2.09. The summed E-state index contributed by atoms with van der Waals surface area (Å²) in [6.07, 6.45) is 0. The van der Waals surface area contributed by atoms with E-state index in [1.165, 1.54) is 5.56 Å². The lowest BCUT2D eigenvalue weighted by molar-refractivity contribution is 1.31. The first kappa shape index (κ1) is 16.1. The molecule has 0 fully saturated rings. The van der Waals surface area contributed by atoms with Gasteiger partial charge in [-0.25, -0.2) is 4.98 Å². The quantitative estimate of drug-likeness (QED) is 0.468. The Bertz CT molecular complexity index is 960. The van der Waals surface area contributed by atoms with Crippen molar-refractivity contribution in [3.8, 4) is 33.6 Å². The fraction of sp³-hybridized carbons (Fsp3) is 0.0417. The standard InChI is InChI=1S/C24H20N2/c1-17-12-21(14-22(25)13-17)24-16-20(18-8-4-2-5-9-18)15-23(26-24)19-10-6-3-7-11-19/h2-16H,25H2,1H3. The Labute approximate surface area is 154 Å². The Morgan fingerprint density at radius 2 is 1.15 bits per heavy atom. The maximum Gasteiger partial charge on any atom is 0.0716 e. The zero-order valence-electron chi connectivity index (χ0n) is 14.7. The minimum atomic E-state index is 0.758. The second-order valence-corrected chi connectivity index (χ2v) is 6.49. The Hall–Kier alpha value is -3.39. The van der Waals surface area contributed by atoms with E-state index in [0.717, 1.165) is 39.3 Å². The zero-order chi connectivity index (χ0) is 17.9. The van der Waals surface area contributed by atoms with Gasteiger partial charge in [-0.3, -0.25) is 0 Å². The van der Waals surface area contributed by atoms with Crippen molar-refractivity contribution < 1.29 is 0 Å². The van der Waals surface area contributed by atoms with Gasteiger partial charge in [-0.05, 0) is 53.9 Å². The molecule has 0 amide bonds. The number of pyridine rings is 1. The predicted molar refractivity (Wildman–Crippen MR) is 110 cm³/mol. The monoisotopic (exact) mass is 336 g/mol. The molecule has 26 heavy (non-hydrogen) atoms. The van der Waals surface area contributed by atoms with E-state index in [1.54, 1.807) is 0 Å². The van der Waals surface area contributed by atoms with Gasteiger partial charge in [-0.1, -0.05) is 60.7 Å². The third-order valence-corrected chi connectivity index (χ3v) is 4.40. The Morgan fingerprint density at radius 3 is 1.77 bits per heavy atom. The van der Waals surface area contributed by atoms with E-state index in [9.17, 15) is 0 Å². The number of aromatic nitrogens is 1. The van der Waals surface area contributed by atoms with Crippen LogP contribution in [0.5, 0.6) is 0 Å². The van der Waals surface area contributed by atoms with Gasteiger partial charge in [0.2, 0.25) is 0 Å². The van der Waals surface area contributed by atoms with Crippen LogP contribution >= 0.6 is 0 Å². The Kier molecular flexibility index (Phi) is 4.24. The van der Waals surface area contributed by atoms with Gasteiger partial charge >= 0.3 is 0 Å². The number of anilines is 1. The van der Waals surface area contributed by atoms with Gasteiger partial charge in [0.25, 0.3) is 0 Å². The smallest absolute Gasteiger partial charge is 0.0716 e. The van der Waals surface area contributed by atoms with Crippen molar-refractivity contribution in [1.82, 2.24) is 4.98 Å². The average molecular weight is 336 g/mol. The first-order valence-corrected chi connectivity index (χ1v) is 8.69. The number of nitrogens with zero attached hydrogens (tertiary/aromatic N) is 1. The van der Waals surface area contributed by atoms with Crippen LogP contribution in [0.4, 0.5) is 5.69 Å². The third kappa shape index (κ3) is 3.35. The highest BCUT2D eigenvalue weighted by Crippen LogP contribution is 2.31. The number of benzene rings is 3. The summed E-state index contributed by atoms with van der Waals surface area (Å²) in [6, 6.07) is 31.0. The van der Waals surface area contributed by atoms with Gasteiger partial charge in [0, 0.05) is 16.8 Å². The average Bonchev–Trinajstić information content (AvgIpc) is 2.68. The summed E-state index contributed by atoms with van der Waals surface area (Å²) in [5, 5.41) is 0. The summed E-state index contributed by atoms with van der Waals surface area (Å²) >= 11 is 0. The van der Waals surface area contributed by atoms with Crippen molar-refractivity contribution in [1.29, 1.82) is 0 Å². The van der Waals surface area contributed by atoms with E-state index >= 15 is 0 Å². The van der Waals surface area contributed by atoms with Gasteiger partial charge in [-0.2, -0.15) is 0 Å². The minimum absolute atomic E-state index is 0.758. The summed E-state index contributed by atoms with van der Waals surface area (Å²) in [5.41, 5.74) is 14.3. The molecule has 3 aromatic carbocycles. The molecule has 0 bridgehead atoms. The zero-order valence-corrected chi connectivity index (χ0v) is 14.7. The molecule has 1 heterocycles. The van der Waals surface area contributed by atoms with E-state index < -0.39 is 0 Å². The van der Waals surface area contributed by atoms with E-state index in [4.69, 9.17) is 10.7 Å². The molecule has 0 saturated carbocycles. The number of rotatable bonds is 3. The molecule has 126 valence electrons. The van der Waals surface area contributed by atoms with Crippen LogP contribution in [0.15, 0.2) is 91.0 Å². The molecule has 0 aliphatic rings. The molecule has 0 atom stereocenters. The number of nitrogen functional groups attached to an aromatic ring is 1. The van der Waals surface area contributed by atoms with Gasteiger partial charge in [0.05, 0.1) is 11.4 Å². The molecular weight excluding hydrogens is 316 g/mol. The van der Waals surface area contributed by atoms with Crippen LogP contribution in [0.1, 0.15) is 5.56 Å². The van der Waals surface area contributed by atoms with Crippen LogP contribution in [0, 0.1) is 6.92 Å². The van der Waals surface area contributed by atoms with Gasteiger partial charge in [0.15, 0.2) is 0 Å². The predicted octanol–water partition coefficient (Wildman–Crippen LogP) is 5.97. The van der Waals surface area contributed by atoms with Crippen molar-refractivity contribution in [2.24, 2.45) is 0 Å². The molecule has 0 aliphatic heterocycles. The highest BCUT2D eigenvalue weighted by molar-refractivity contribution is 5.77. The molecular formula is C24H20N2. The summed E-state index contributed by atoms with van der Waals surface area (Å²) in [6.45, 7) is 2.05. The van der Waals surface area contributed by atoms with Crippen molar-refractivity contribution in [3.63, 3.8) is 0 Å². The summed E-state index contributed by atoms with van der Waals surface area (Å²) in [5.74, 6) is 0. The number of aryl methyl sites for hydroxylation is 1. The van der Waals surface area contributed by atoms with Gasteiger partial charge in [0.1, 0.15) is 0 Å². The van der Waals surface area contributed by atoms with Gasteiger partial charge in [-0.15, -0.1) is 0 Å². The van der Waals surface area contributed by atoms with Crippen LogP contribution in [0.25, 0.3) is 33.6 Å². The number of nitrogens with two attached hydrogens (primary N) is 1. The normalized spacial score (nSPS) is 10.7. The lowest BCUT2D eigenvalue weighted by Crippen LogP contribution is -1.93. The summed E-state index contributed by atoms with van der Waals surface area (Å²) in [7, 11) is 0. The molecule has 4 rings (SSSR count). The fourth-order valence-corrected chi connectivity index (χ4v) is 3.19. The first-order valence-electron chi connectivity index (χ1n) is 8.69. The lowest BCUT2D eigenvalue weighted by Gasteiger charge is -2.11.